The van der Waals surface area contributed by atoms with Gasteiger partial charge in [-0.05, 0) is 18.8 Å². The number of carbonyl (C=O) groups excluding carboxylic acids is 1. The Bertz CT molecular complexity index is 300. The van der Waals surface area contributed by atoms with Gasteiger partial charge in [-0.2, -0.15) is 0 Å². The molecule has 1 N–H and O–H groups in total. The lowest BCUT2D eigenvalue weighted by atomic mass is 9.78. The smallest absolute Gasteiger partial charge is 0.319 e. The molecular weight excluding hydrogens is 236 g/mol. The number of carboxylic acid groups (broad SMARTS) is 1. The minimum atomic E-state index is -1.39. The normalized spacial score (nSPS) is 24.5. The lowest BCUT2D eigenvalue weighted by Crippen LogP contribution is -2.47. The molecule has 5 heteroatoms. The molecule has 0 spiro atoms. The predicted octanol–water partition coefficient (Wildman–Crippen LogP) is 1.50. The van der Waals surface area contributed by atoms with E-state index >= 15 is 0 Å². The molecule has 5 nitrogen and oxygen atoms in total. The van der Waals surface area contributed by atoms with Gasteiger partial charge in [0.15, 0.2) is 11.2 Å². The number of carboxylic acids is 1. The average Bonchev–Trinajstić information content (AvgIpc) is 2.30. The number of hydrogen-bond donors (Lipinski definition) is 1. The van der Waals surface area contributed by atoms with Crippen LogP contribution in [0.4, 0.5) is 0 Å². The first-order valence-electron chi connectivity index (χ1n) is 6.41. The first-order valence-corrected chi connectivity index (χ1v) is 6.41. The van der Waals surface area contributed by atoms with E-state index in [2.05, 4.69) is 13.8 Å². The van der Waals surface area contributed by atoms with Gasteiger partial charge in [-0.3, -0.25) is 9.59 Å². The highest BCUT2D eigenvalue weighted by Gasteiger charge is 2.47. The highest BCUT2D eigenvalue weighted by molar-refractivity contribution is 6.03. The molecule has 18 heavy (non-hydrogen) atoms. The third kappa shape index (κ3) is 3.78. The zero-order chi connectivity index (χ0) is 13.6. The second-order valence-corrected chi connectivity index (χ2v) is 5.16. The molecule has 0 bridgehead atoms. The standard InChI is InChI=1S/C13H22O5/c1-10(2)3-6-17-8-5-13(12(15)16)9-18-7-4-11(13)14/h10H,3-9H2,1-2H3,(H,15,16). The topological polar surface area (TPSA) is 72.8 Å². The maximum Gasteiger partial charge on any atom is 0.319 e. The van der Waals surface area contributed by atoms with Crippen molar-refractivity contribution in [1.82, 2.24) is 0 Å². The summed E-state index contributed by atoms with van der Waals surface area (Å²) in [6.45, 7) is 5.37. The van der Waals surface area contributed by atoms with E-state index < -0.39 is 11.4 Å². The van der Waals surface area contributed by atoms with Crippen molar-refractivity contribution in [2.75, 3.05) is 26.4 Å². The summed E-state index contributed by atoms with van der Waals surface area (Å²) < 4.78 is 10.6. The van der Waals surface area contributed by atoms with E-state index in [9.17, 15) is 14.7 Å². The molecule has 0 aromatic heterocycles. The molecule has 0 aliphatic carbocycles. The zero-order valence-corrected chi connectivity index (χ0v) is 11.1. The second-order valence-electron chi connectivity index (χ2n) is 5.16. The average molecular weight is 258 g/mol. The van der Waals surface area contributed by atoms with Crippen LogP contribution in [0, 0.1) is 11.3 Å². The van der Waals surface area contributed by atoms with Gasteiger partial charge in [0.05, 0.1) is 13.2 Å². The van der Waals surface area contributed by atoms with E-state index in [1.54, 1.807) is 0 Å². The van der Waals surface area contributed by atoms with Crippen LogP contribution in [0.5, 0.6) is 0 Å². The summed E-state index contributed by atoms with van der Waals surface area (Å²) >= 11 is 0. The Labute approximate surface area is 107 Å². The number of Topliss-reactive ketones (excluding diaryl/α,β-unsaturated/α-hetero) is 1. The Kier molecular flexibility index (Phi) is 5.75. The van der Waals surface area contributed by atoms with E-state index in [1.807, 2.05) is 0 Å². The highest BCUT2D eigenvalue weighted by Crippen LogP contribution is 2.29. The Morgan fingerprint density at radius 2 is 2.22 bits per heavy atom. The molecule has 0 saturated carbocycles. The van der Waals surface area contributed by atoms with Crippen molar-refractivity contribution in [3.05, 3.63) is 0 Å². The Morgan fingerprint density at radius 3 is 2.78 bits per heavy atom. The van der Waals surface area contributed by atoms with Crippen molar-refractivity contribution in [2.24, 2.45) is 11.3 Å². The summed E-state index contributed by atoms with van der Waals surface area (Å²) in [7, 11) is 0. The Morgan fingerprint density at radius 1 is 1.50 bits per heavy atom. The van der Waals surface area contributed by atoms with Crippen molar-refractivity contribution < 1.29 is 24.2 Å². The first-order chi connectivity index (χ1) is 8.49. The van der Waals surface area contributed by atoms with Crippen molar-refractivity contribution in [1.29, 1.82) is 0 Å². The van der Waals surface area contributed by atoms with Gasteiger partial charge in [-0.1, -0.05) is 13.8 Å². The van der Waals surface area contributed by atoms with Crippen LogP contribution >= 0.6 is 0 Å². The van der Waals surface area contributed by atoms with E-state index in [0.717, 1.165) is 6.42 Å². The molecule has 0 aromatic rings. The summed E-state index contributed by atoms with van der Waals surface area (Å²) in [5, 5.41) is 9.25. The van der Waals surface area contributed by atoms with Gasteiger partial charge in [0.2, 0.25) is 0 Å². The lowest BCUT2D eigenvalue weighted by molar-refractivity contribution is -0.166. The zero-order valence-electron chi connectivity index (χ0n) is 11.1. The summed E-state index contributed by atoms with van der Waals surface area (Å²) in [5.74, 6) is -0.786. The summed E-state index contributed by atoms with van der Waals surface area (Å²) in [6.07, 6.45) is 1.31. The van der Waals surface area contributed by atoms with Crippen molar-refractivity contribution >= 4 is 11.8 Å². The number of hydrogen-bond acceptors (Lipinski definition) is 4. The summed E-state index contributed by atoms with van der Waals surface area (Å²) in [4.78, 5) is 23.1. The van der Waals surface area contributed by atoms with Crippen molar-refractivity contribution in [3.63, 3.8) is 0 Å². The number of ether oxygens (including phenoxy) is 2. The molecule has 1 aliphatic rings. The number of carbonyl (C=O) groups is 2. The molecule has 1 atom stereocenters. The van der Waals surface area contributed by atoms with Crippen LogP contribution in [0.15, 0.2) is 0 Å². The third-order valence-electron chi connectivity index (χ3n) is 3.28. The maximum absolute atomic E-state index is 11.8. The quantitative estimate of drug-likeness (QED) is 0.553. The van der Waals surface area contributed by atoms with Crippen molar-refractivity contribution in [3.8, 4) is 0 Å². The lowest BCUT2D eigenvalue weighted by Gasteiger charge is -2.31. The van der Waals surface area contributed by atoms with Gasteiger partial charge in [0, 0.05) is 19.6 Å². The van der Waals surface area contributed by atoms with Crippen LogP contribution in [-0.2, 0) is 19.1 Å². The molecule has 1 fully saturated rings. The second kappa shape index (κ2) is 6.85. The van der Waals surface area contributed by atoms with E-state index in [-0.39, 0.29) is 31.8 Å². The van der Waals surface area contributed by atoms with Gasteiger partial charge in [-0.25, -0.2) is 0 Å². The van der Waals surface area contributed by atoms with Crippen LogP contribution in [0.2, 0.25) is 0 Å². The fourth-order valence-corrected chi connectivity index (χ4v) is 1.90. The van der Waals surface area contributed by atoms with Crippen LogP contribution in [0.3, 0.4) is 0 Å². The van der Waals surface area contributed by atoms with Gasteiger partial charge >= 0.3 is 5.97 Å². The van der Waals surface area contributed by atoms with Gasteiger partial charge in [-0.15, -0.1) is 0 Å². The number of rotatable bonds is 7. The van der Waals surface area contributed by atoms with Crippen LogP contribution in [-0.4, -0.2) is 43.3 Å². The first kappa shape index (κ1) is 15.1. The monoisotopic (exact) mass is 258 g/mol. The minimum Gasteiger partial charge on any atom is -0.480 e. The molecule has 1 saturated heterocycles. The van der Waals surface area contributed by atoms with Crippen LogP contribution in [0.1, 0.15) is 33.1 Å². The van der Waals surface area contributed by atoms with E-state index in [0.29, 0.717) is 19.1 Å². The maximum atomic E-state index is 11.8. The molecule has 0 amide bonds. The summed E-state index contributed by atoms with van der Waals surface area (Å²) in [5.41, 5.74) is -1.39. The van der Waals surface area contributed by atoms with Gasteiger partial charge in [0.25, 0.3) is 0 Å². The molecule has 0 radical (unpaired) electrons. The fourth-order valence-electron chi connectivity index (χ4n) is 1.90. The van der Waals surface area contributed by atoms with Gasteiger partial charge < -0.3 is 14.6 Å². The fraction of sp³-hybridized carbons (Fsp3) is 0.846. The predicted molar refractivity (Wildman–Crippen MR) is 65.4 cm³/mol. The largest absolute Gasteiger partial charge is 0.480 e. The Hall–Kier alpha value is -0.940. The molecule has 104 valence electrons. The molecular formula is C13H22O5. The molecule has 0 aromatic carbocycles. The third-order valence-corrected chi connectivity index (χ3v) is 3.28. The number of ketones is 1. The van der Waals surface area contributed by atoms with Gasteiger partial charge in [0.1, 0.15) is 0 Å². The number of aliphatic carboxylic acids is 1. The summed E-state index contributed by atoms with van der Waals surface area (Å²) in [6, 6.07) is 0. The SMILES string of the molecule is CC(C)CCOCCC1(C(=O)O)COCCC1=O. The molecule has 1 aliphatic heterocycles. The Balaban J connectivity index is 2.43. The van der Waals surface area contributed by atoms with Crippen LogP contribution in [0.25, 0.3) is 0 Å². The molecule has 1 unspecified atom stereocenters. The van der Waals surface area contributed by atoms with E-state index in [4.69, 9.17) is 9.47 Å². The molecule has 1 heterocycles. The molecule has 1 rings (SSSR count). The highest BCUT2D eigenvalue weighted by atomic mass is 16.5. The minimum absolute atomic E-state index is 0.0330. The van der Waals surface area contributed by atoms with Crippen LogP contribution < -0.4 is 0 Å². The van der Waals surface area contributed by atoms with Crippen molar-refractivity contribution in [2.45, 2.75) is 33.1 Å². The van der Waals surface area contributed by atoms with E-state index in [1.165, 1.54) is 0 Å².